The maximum absolute atomic E-state index is 12.5. The minimum Gasteiger partial charge on any atom is -0.340 e. The van der Waals surface area contributed by atoms with E-state index in [1.807, 2.05) is 43.7 Å². The van der Waals surface area contributed by atoms with Crippen molar-refractivity contribution in [3.05, 3.63) is 46.2 Å². The smallest absolute Gasteiger partial charge is 0.272 e. The molecule has 1 aromatic carbocycles. The van der Waals surface area contributed by atoms with E-state index < -0.39 is 0 Å². The van der Waals surface area contributed by atoms with Crippen molar-refractivity contribution in [2.45, 2.75) is 33.7 Å². The summed E-state index contributed by atoms with van der Waals surface area (Å²) in [5.41, 5.74) is 2.84. The zero-order chi connectivity index (χ0) is 17.1. The Labute approximate surface area is 144 Å². The van der Waals surface area contributed by atoms with Crippen molar-refractivity contribution in [1.29, 1.82) is 0 Å². The molecule has 2 N–H and O–H groups in total. The van der Waals surface area contributed by atoms with Crippen LogP contribution < -0.4 is 10.6 Å². The van der Waals surface area contributed by atoms with Gasteiger partial charge in [-0.1, -0.05) is 6.07 Å². The Morgan fingerprint density at radius 3 is 2.48 bits per heavy atom. The summed E-state index contributed by atoms with van der Waals surface area (Å²) in [5, 5.41) is 5.63. The number of rotatable bonds is 4. The molecular weight excluding hydrogens is 358 g/mol. The van der Waals surface area contributed by atoms with Crippen LogP contribution in [0, 0.1) is 6.92 Å². The number of carbonyl (C=O) groups is 2. The van der Waals surface area contributed by atoms with E-state index in [-0.39, 0.29) is 17.9 Å². The van der Waals surface area contributed by atoms with Gasteiger partial charge in [0.15, 0.2) is 0 Å². The van der Waals surface area contributed by atoms with E-state index in [0.29, 0.717) is 17.1 Å². The van der Waals surface area contributed by atoms with E-state index in [4.69, 9.17) is 0 Å². The Hall–Kier alpha value is -2.08. The van der Waals surface area contributed by atoms with Gasteiger partial charge in [0.25, 0.3) is 5.91 Å². The predicted octanol–water partition coefficient (Wildman–Crippen LogP) is 4.35. The highest BCUT2D eigenvalue weighted by molar-refractivity contribution is 9.10. The summed E-state index contributed by atoms with van der Waals surface area (Å²) < 4.78 is 2.77. The number of anilines is 2. The van der Waals surface area contributed by atoms with Crippen molar-refractivity contribution in [2.75, 3.05) is 10.6 Å². The lowest BCUT2D eigenvalue weighted by molar-refractivity contribution is -0.114. The summed E-state index contributed by atoms with van der Waals surface area (Å²) in [6.45, 7) is 7.39. The predicted molar refractivity (Wildman–Crippen MR) is 96.0 cm³/mol. The molecule has 0 unspecified atom stereocenters. The summed E-state index contributed by atoms with van der Waals surface area (Å²) in [5.74, 6) is -0.337. The molecule has 2 rings (SSSR count). The van der Waals surface area contributed by atoms with Gasteiger partial charge in [-0.2, -0.15) is 0 Å². The monoisotopic (exact) mass is 377 g/mol. The highest BCUT2D eigenvalue weighted by Crippen LogP contribution is 2.23. The van der Waals surface area contributed by atoms with Crippen LogP contribution in [0.5, 0.6) is 0 Å². The van der Waals surface area contributed by atoms with Gasteiger partial charge < -0.3 is 15.2 Å². The van der Waals surface area contributed by atoms with Crippen molar-refractivity contribution in [2.24, 2.45) is 0 Å². The van der Waals surface area contributed by atoms with Gasteiger partial charge in [0, 0.05) is 35.0 Å². The second-order valence-electron chi connectivity index (χ2n) is 5.71. The second-order valence-corrected chi connectivity index (χ2v) is 6.63. The first-order valence-corrected chi connectivity index (χ1v) is 8.14. The maximum atomic E-state index is 12.5. The standard InChI is InChI=1S/C17H20BrN3O2/c1-10(2)21-9-13(18)7-16(21)17(23)20-14-6-5-11(3)15(8-14)19-12(4)22/h5-10H,1-4H3,(H,19,22)(H,20,23). The number of carbonyl (C=O) groups excluding carboxylic acids is 2. The van der Waals surface area contributed by atoms with Crippen LogP contribution in [0.25, 0.3) is 0 Å². The minimum absolute atomic E-state index is 0.144. The maximum Gasteiger partial charge on any atom is 0.272 e. The van der Waals surface area contributed by atoms with E-state index in [1.165, 1.54) is 6.92 Å². The van der Waals surface area contributed by atoms with E-state index in [9.17, 15) is 9.59 Å². The first-order valence-electron chi connectivity index (χ1n) is 7.35. The molecule has 0 atom stereocenters. The van der Waals surface area contributed by atoms with E-state index in [2.05, 4.69) is 26.6 Å². The Kier molecular flexibility index (Phi) is 5.26. The number of halogens is 1. The second kappa shape index (κ2) is 7.00. The fourth-order valence-electron chi connectivity index (χ4n) is 2.27. The Morgan fingerprint density at radius 2 is 1.87 bits per heavy atom. The van der Waals surface area contributed by atoms with Crippen LogP contribution in [0.2, 0.25) is 0 Å². The number of nitrogens with one attached hydrogen (secondary N) is 2. The normalized spacial score (nSPS) is 10.7. The summed E-state index contributed by atoms with van der Waals surface area (Å²) in [7, 11) is 0. The molecule has 1 heterocycles. The van der Waals surface area contributed by atoms with Crippen molar-refractivity contribution in [1.82, 2.24) is 4.57 Å². The van der Waals surface area contributed by atoms with E-state index >= 15 is 0 Å². The number of aromatic nitrogens is 1. The van der Waals surface area contributed by atoms with Gasteiger partial charge in [-0.15, -0.1) is 0 Å². The van der Waals surface area contributed by atoms with Crippen LogP contribution in [0.3, 0.4) is 0 Å². The number of amides is 2. The fraction of sp³-hybridized carbons (Fsp3) is 0.294. The molecule has 6 heteroatoms. The van der Waals surface area contributed by atoms with Gasteiger partial charge in [-0.3, -0.25) is 9.59 Å². The summed E-state index contributed by atoms with van der Waals surface area (Å²) in [4.78, 5) is 23.8. The van der Waals surface area contributed by atoms with Crippen LogP contribution in [0.4, 0.5) is 11.4 Å². The third-order valence-corrected chi connectivity index (χ3v) is 3.84. The zero-order valence-corrected chi connectivity index (χ0v) is 15.2. The molecule has 0 aliphatic heterocycles. The van der Waals surface area contributed by atoms with Crippen LogP contribution in [0.1, 0.15) is 42.9 Å². The first kappa shape index (κ1) is 17.3. The lowest BCUT2D eigenvalue weighted by atomic mass is 10.1. The van der Waals surface area contributed by atoms with Crippen molar-refractivity contribution < 1.29 is 9.59 Å². The minimum atomic E-state index is -0.193. The van der Waals surface area contributed by atoms with Gasteiger partial charge in [0.2, 0.25) is 5.91 Å². The molecule has 5 nitrogen and oxygen atoms in total. The molecule has 0 saturated carbocycles. The molecular formula is C17H20BrN3O2. The lowest BCUT2D eigenvalue weighted by Crippen LogP contribution is -2.18. The third kappa shape index (κ3) is 4.22. The molecule has 1 aromatic heterocycles. The topological polar surface area (TPSA) is 63.1 Å². The van der Waals surface area contributed by atoms with Gasteiger partial charge in [0.1, 0.15) is 5.69 Å². The Balaban J connectivity index is 2.25. The average Bonchev–Trinajstić information content (AvgIpc) is 2.84. The van der Waals surface area contributed by atoms with Crippen molar-refractivity contribution in [3.63, 3.8) is 0 Å². The van der Waals surface area contributed by atoms with Crippen LogP contribution in [-0.4, -0.2) is 16.4 Å². The SMILES string of the molecule is CC(=O)Nc1cc(NC(=O)c2cc(Br)cn2C(C)C)ccc1C. The number of hydrogen-bond acceptors (Lipinski definition) is 2. The van der Waals surface area contributed by atoms with Gasteiger partial charge in [-0.05, 0) is 60.5 Å². The largest absolute Gasteiger partial charge is 0.340 e. The molecule has 0 aliphatic carbocycles. The van der Waals surface area contributed by atoms with Gasteiger partial charge in [-0.25, -0.2) is 0 Å². The van der Waals surface area contributed by atoms with E-state index in [1.54, 1.807) is 12.1 Å². The zero-order valence-electron chi connectivity index (χ0n) is 13.6. The first-order chi connectivity index (χ1) is 10.8. The van der Waals surface area contributed by atoms with Crippen LogP contribution in [0.15, 0.2) is 34.9 Å². The van der Waals surface area contributed by atoms with Gasteiger partial charge in [0.05, 0.1) is 0 Å². The molecule has 2 aromatic rings. The summed E-state index contributed by atoms with van der Waals surface area (Å²) >= 11 is 3.40. The van der Waals surface area contributed by atoms with Crippen LogP contribution in [-0.2, 0) is 4.79 Å². The average molecular weight is 378 g/mol. The summed E-state index contributed by atoms with van der Waals surface area (Å²) in [6.07, 6.45) is 1.89. The molecule has 0 aliphatic rings. The van der Waals surface area contributed by atoms with Crippen molar-refractivity contribution in [3.8, 4) is 0 Å². The van der Waals surface area contributed by atoms with Gasteiger partial charge >= 0.3 is 0 Å². The molecule has 0 radical (unpaired) electrons. The number of aryl methyl sites for hydroxylation is 1. The fourth-order valence-corrected chi connectivity index (χ4v) is 2.71. The highest BCUT2D eigenvalue weighted by Gasteiger charge is 2.15. The Bertz CT molecular complexity index is 750. The van der Waals surface area contributed by atoms with Crippen molar-refractivity contribution >= 4 is 39.1 Å². The molecule has 122 valence electrons. The van der Waals surface area contributed by atoms with Crippen LogP contribution >= 0.6 is 15.9 Å². The lowest BCUT2D eigenvalue weighted by Gasteiger charge is -2.14. The number of benzene rings is 1. The molecule has 0 saturated heterocycles. The third-order valence-electron chi connectivity index (χ3n) is 3.41. The Morgan fingerprint density at radius 1 is 1.17 bits per heavy atom. The molecule has 23 heavy (non-hydrogen) atoms. The summed E-state index contributed by atoms with van der Waals surface area (Å²) in [6, 6.07) is 7.40. The molecule has 0 spiro atoms. The number of hydrogen-bond donors (Lipinski definition) is 2. The molecule has 0 fully saturated rings. The van der Waals surface area contributed by atoms with E-state index in [0.717, 1.165) is 10.0 Å². The quantitative estimate of drug-likeness (QED) is 0.831. The molecule has 0 bridgehead atoms. The number of nitrogens with zero attached hydrogens (tertiary/aromatic N) is 1. The molecule has 2 amide bonds. The highest BCUT2D eigenvalue weighted by atomic mass is 79.9.